The van der Waals surface area contributed by atoms with Gasteiger partial charge in [0.15, 0.2) is 0 Å². The first-order valence-corrected chi connectivity index (χ1v) is 13.1. The average molecular weight is 488 g/mol. The minimum absolute atomic E-state index is 0.195. The number of benzene rings is 3. The van der Waals surface area contributed by atoms with Crippen LogP contribution in [0, 0.1) is 5.92 Å². The van der Waals surface area contributed by atoms with Crippen LogP contribution in [0.4, 0.5) is 0 Å². The number of aliphatic hydroxyl groups is 1. The molecule has 3 aromatic carbocycles. The lowest BCUT2D eigenvalue weighted by Gasteiger charge is -2.26. The molecule has 0 amide bonds. The fraction of sp³-hybridized carbons (Fsp3) is 0.310. The Kier molecular flexibility index (Phi) is 5.88. The Morgan fingerprint density at radius 2 is 1.71 bits per heavy atom. The van der Waals surface area contributed by atoms with Crippen molar-refractivity contribution in [1.29, 1.82) is 0 Å². The number of phenols is 2. The Balaban J connectivity index is 1.22. The van der Waals surface area contributed by atoms with E-state index in [1.165, 1.54) is 37.1 Å². The number of aromatic hydroxyl groups is 2. The van der Waals surface area contributed by atoms with E-state index in [4.69, 9.17) is 4.74 Å². The zero-order valence-corrected chi connectivity index (χ0v) is 20.2. The lowest BCUT2D eigenvalue weighted by molar-refractivity contribution is 0.172. The summed E-state index contributed by atoms with van der Waals surface area (Å²) in [6, 6.07) is 20.7. The molecule has 3 unspecified atom stereocenters. The van der Waals surface area contributed by atoms with Gasteiger partial charge in [-0.15, -0.1) is 11.3 Å². The maximum absolute atomic E-state index is 11.5. The number of phenolic OH excluding ortho intramolecular Hbond substituents is 2. The lowest BCUT2D eigenvalue weighted by Crippen LogP contribution is -2.35. The van der Waals surface area contributed by atoms with Gasteiger partial charge in [-0.25, -0.2) is 0 Å². The molecule has 2 bridgehead atoms. The van der Waals surface area contributed by atoms with Crippen LogP contribution >= 0.6 is 11.3 Å². The minimum atomic E-state index is -0.841. The molecule has 2 aliphatic rings. The van der Waals surface area contributed by atoms with Crippen LogP contribution in [0.25, 0.3) is 20.5 Å². The topological polar surface area (TPSA) is 73.2 Å². The van der Waals surface area contributed by atoms with Crippen molar-refractivity contribution in [3.63, 3.8) is 0 Å². The van der Waals surface area contributed by atoms with E-state index in [9.17, 15) is 15.3 Å². The van der Waals surface area contributed by atoms with Gasteiger partial charge in [0, 0.05) is 34.3 Å². The number of ether oxygens (including phenoxy) is 1. The molecule has 180 valence electrons. The summed E-state index contributed by atoms with van der Waals surface area (Å²) in [5.74, 6) is 2.09. The van der Waals surface area contributed by atoms with Crippen molar-refractivity contribution < 1.29 is 20.1 Å². The molecule has 1 saturated carbocycles. The maximum atomic E-state index is 11.5. The van der Waals surface area contributed by atoms with Gasteiger partial charge in [-0.05, 0) is 96.3 Å². The first-order valence-electron chi connectivity index (χ1n) is 12.2. The fourth-order valence-corrected chi connectivity index (χ4v) is 6.97. The van der Waals surface area contributed by atoms with Gasteiger partial charge in [-0.2, -0.15) is 0 Å². The number of rotatable bonds is 7. The van der Waals surface area contributed by atoms with E-state index in [1.54, 1.807) is 24.3 Å². The van der Waals surface area contributed by atoms with Crippen LogP contribution in [0.2, 0.25) is 0 Å². The predicted octanol–water partition coefficient (Wildman–Crippen LogP) is 5.92. The van der Waals surface area contributed by atoms with Crippen LogP contribution in [0.3, 0.4) is 0 Å². The van der Waals surface area contributed by atoms with E-state index in [1.807, 2.05) is 42.5 Å². The summed E-state index contributed by atoms with van der Waals surface area (Å²) in [5, 5.41) is 32.1. The van der Waals surface area contributed by atoms with Gasteiger partial charge >= 0.3 is 0 Å². The van der Waals surface area contributed by atoms with Crippen molar-refractivity contribution in [1.82, 2.24) is 4.90 Å². The zero-order valence-electron chi connectivity index (χ0n) is 19.4. The van der Waals surface area contributed by atoms with Gasteiger partial charge in [0.05, 0.1) is 0 Å². The fourth-order valence-electron chi connectivity index (χ4n) is 5.70. The highest BCUT2D eigenvalue weighted by atomic mass is 32.1. The second-order valence-corrected chi connectivity index (χ2v) is 10.8. The molecule has 6 rings (SSSR count). The highest BCUT2D eigenvalue weighted by Gasteiger charge is 2.37. The molecule has 1 aromatic heterocycles. The summed E-state index contributed by atoms with van der Waals surface area (Å²) < 4.78 is 6.92. The number of nitrogens with zero attached hydrogens (tertiary/aromatic N) is 1. The summed E-state index contributed by atoms with van der Waals surface area (Å²) in [6.45, 7) is 2.86. The first-order chi connectivity index (χ1) is 17.0. The van der Waals surface area contributed by atoms with Gasteiger partial charge in [0.25, 0.3) is 0 Å². The van der Waals surface area contributed by atoms with Crippen LogP contribution in [0.15, 0.2) is 66.7 Å². The zero-order chi connectivity index (χ0) is 23.9. The molecule has 1 aliphatic heterocycles. The third kappa shape index (κ3) is 4.38. The number of fused-ring (bicyclic) bond motifs is 3. The van der Waals surface area contributed by atoms with E-state index < -0.39 is 6.10 Å². The average Bonchev–Trinajstić information content (AvgIpc) is 3.59. The monoisotopic (exact) mass is 487 g/mol. The Morgan fingerprint density at radius 3 is 2.43 bits per heavy atom. The molecular formula is C29H29NO4S. The Morgan fingerprint density at radius 1 is 0.943 bits per heavy atom. The number of hydrogen-bond donors (Lipinski definition) is 3. The van der Waals surface area contributed by atoms with E-state index in [0.29, 0.717) is 6.61 Å². The number of likely N-dealkylation sites (tertiary alicyclic amines) is 1. The van der Waals surface area contributed by atoms with Crippen LogP contribution < -0.4 is 4.74 Å². The summed E-state index contributed by atoms with van der Waals surface area (Å²) in [6.07, 6.45) is 3.24. The molecule has 1 aliphatic carbocycles. The second kappa shape index (κ2) is 9.19. The Labute approximate surface area is 208 Å². The lowest BCUT2D eigenvalue weighted by atomic mass is 9.96. The number of aliphatic hydroxyl groups excluding tert-OH is 1. The van der Waals surface area contributed by atoms with E-state index >= 15 is 0 Å². The van der Waals surface area contributed by atoms with Crippen molar-refractivity contribution in [2.24, 2.45) is 5.92 Å². The SMILES string of the molecule is Oc1ccc(-c2sc3cc(O)ccc3c2C(O)c2ccc(OCCN3CC4CCC3C4)cc2)cc1. The molecule has 2 heterocycles. The van der Waals surface area contributed by atoms with Crippen molar-refractivity contribution in [3.05, 3.63) is 77.9 Å². The highest BCUT2D eigenvalue weighted by Crippen LogP contribution is 2.45. The van der Waals surface area contributed by atoms with Gasteiger partial charge in [0.2, 0.25) is 0 Å². The van der Waals surface area contributed by atoms with Crippen molar-refractivity contribution in [2.45, 2.75) is 31.4 Å². The molecule has 2 fully saturated rings. The van der Waals surface area contributed by atoms with Gasteiger partial charge in [-0.3, -0.25) is 4.90 Å². The summed E-state index contributed by atoms with van der Waals surface area (Å²) >= 11 is 1.52. The molecule has 0 spiro atoms. The van der Waals surface area contributed by atoms with Crippen LogP contribution in [-0.2, 0) is 0 Å². The van der Waals surface area contributed by atoms with E-state index in [0.717, 1.165) is 55.9 Å². The van der Waals surface area contributed by atoms with Gasteiger partial charge in [-0.1, -0.05) is 12.1 Å². The molecule has 5 nitrogen and oxygen atoms in total. The quantitative estimate of drug-likeness (QED) is 0.302. The Bertz CT molecular complexity index is 1330. The third-order valence-corrected chi connectivity index (χ3v) is 8.70. The van der Waals surface area contributed by atoms with Crippen molar-refractivity contribution >= 4 is 21.4 Å². The molecule has 6 heteroatoms. The molecule has 3 N–H and O–H groups in total. The number of piperidine rings is 1. The predicted molar refractivity (Wildman–Crippen MR) is 139 cm³/mol. The standard InChI is InChI=1S/C29H29NO4S/c31-22-7-2-20(3-8-22)29-27(25-12-9-23(32)16-26(25)35-29)28(33)19-4-10-24(11-5-19)34-14-13-30-17-18-1-6-21(30)15-18/h2-5,7-12,16,18,21,28,31-33H,1,6,13-15,17H2. The molecule has 4 aromatic rings. The minimum Gasteiger partial charge on any atom is -0.508 e. The largest absolute Gasteiger partial charge is 0.508 e. The molecule has 0 radical (unpaired) electrons. The summed E-state index contributed by atoms with van der Waals surface area (Å²) in [5.41, 5.74) is 2.49. The van der Waals surface area contributed by atoms with Crippen LogP contribution in [0.5, 0.6) is 17.2 Å². The second-order valence-electron chi connectivity index (χ2n) is 9.72. The molecular weight excluding hydrogens is 458 g/mol. The number of hydrogen-bond acceptors (Lipinski definition) is 6. The molecule has 35 heavy (non-hydrogen) atoms. The van der Waals surface area contributed by atoms with Crippen molar-refractivity contribution in [3.8, 4) is 27.7 Å². The first kappa shape index (κ1) is 22.4. The van der Waals surface area contributed by atoms with Crippen LogP contribution in [-0.4, -0.2) is 46.0 Å². The van der Waals surface area contributed by atoms with Crippen LogP contribution in [0.1, 0.15) is 36.5 Å². The number of thiophene rings is 1. The molecule has 1 saturated heterocycles. The summed E-state index contributed by atoms with van der Waals surface area (Å²) in [7, 11) is 0. The maximum Gasteiger partial charge on any atom is 0.119 e. The van der Waals surface area contributed by atoms with E-state index in [-0.39, 0.29) is 11.5 Å². The van der Waals surface area contributed by atoms with Crippen molar-refractivity contribution in [2.75, 3.05) is 19.7 Å². The highest BCUT2D eigenvalue weighted by molar-refractivity contribution is 7.22. The molecule has 3 atom stereocenters. The smallest absolute Gasteiger partial charge is 0.119 e. The Hall–Kier alpha value is -3.06. The van der Waals surface area contributed by atoms with Gasteiger partial charge in [0.1, 0.15) is 30.0 Å². The van der Waals surface area contributed by atoms with Gasteiger partial charge < -0.3 is 20.1 Å². The third-order valence-electron chi connectivity index (χ3n) is 7.48. The summed E-state index contributed by atoms with van der Waals surface area (Å²) in [4.78, 5) is 3.48. The normalized spacial score (nSPS) is 20.5. The van der Waals surface area contributed by atoms with E-state index in [2.05, 4.69) is 4.90 Å².